The Morgan fingerprint density at radius 2 is 1.77 bits per heavy atom. The number of para-hydroxylation sites is 1. The highest BCUT2D eigenvalue weighted by Gasteiger charge is 2.25. The highest BCUT2D eigenvalue weighted by molar-refractivity contribution is 7.89. The average Bonchev–Trinajstić information content (AvgIpc) is 2.76. The molecule has 0 spiro atoms. The van der Waals surface area contributed by atoms with E-state index in [4.69, 9.17) is 9.94 Å². The van der Waals surface area contributed by atoms with E-state index >= 15 is 0 Å². The predicted octanol–water partition coefficient (Wildman–Crippen LogP) is 1.76. The number of rotatable bonds is 10. The summed E-state index contributed by atoms with van der Waals surface area (Å²) >= 11 is 0. The number of hydrogen-bond acceptors (Lipinski definition) is 6. The molecule has 0 aliphatic rings. The molecule has 2 aromatic rings. The van der Waals surface area contributed by atoms with Gasteiger partial charge in [-0.25, -0.2) is 18.7 Å². The Labute approximate surface area is 181 Å². The standard InChI is InChI=1S/C20H26N4O6S/c1-14-6-3-4-7-17(14)22-20(26)21-13-5-8-18(19(25)23-27)24-31(28,29)16-11-9-15(30-2)10-12-16/h3-4,6-7,9-12,18,24,27H,5,8,13H2,1-2H3,(H,23,25)(H2,21,22,26)/t18-/m1/s1. The summed E-state index contributed by atoms with van der Waals surface area (Å²) in [6.07, 6.45) is 0.330. The third-order valence-electron chi connectivity index (χ3n) is 4.44. The number of anilines is 1. The van der Waals surface area contributed by atoms with E-state index in [1.807, 2.05) is 19.1 Å². The van der Waals surface area contributed by atoms with Crippen LogP contribution in [0.5, 0.6) is 5.75 Å². The zero-order valence-corrected chi connectivity index (χ0v) is 18.0. The fraction of sp³-hybridized carbons (Fsp3) is 0.300. The van der Waals surface area contributed by atoms with Gasteiger partial charge in [-0.3, -0.25) is 10.0 Å². The molecule has 10 nitrogen and oxygen atoms in total. The number of carbonyl (C=O) groups is 2. The lowest BCUT2D eigenvalue weighted by Crippen LogP contribution is -2.46. The van der Waals surface area contributed by atoms with Crippen molar-refractivity contribution >= 4 is 27.6 Å². The number of benzene rings is 2. The molecule has 31 heavy (non-hydrogen) atoms. The maximum Gasteiger partial charge on any atom is 0.319 e. The summed E-state index contributed by atoms with van der Waals surface area (Å²) in [5.74, 6) is -0.417. The number of amides is 3. The topological polar surface area (TPSA) is 146 Å². The number of urea groups is 1. The molecule has 3 amide bonds. The molecule has 0 heterocycles. The molecule has 2 rings (SSSR count). The minimum absolute atomic E-state index is 0.0480. The van der Waals surface area contributed by atoms with Crippen LogP contribution >= 0.6 is 0 Å². The Balaban J connectivity index is 1.90. The monoisotopic (exact) mass is 450 g/mol. The first-order valence-corrected chi connectivity index (χ1v) is 11.0. The van der Waals surface area contributed by atoms with Crippen molar-refractivity contribution in [2.75, 3.05) is 19.0 Å². The average molecular weight is 451 g/mol. The maximum atomic E-state index is 12.5. The fourth-order valence-corrected chi connectivity index (χ4v) is 3.95. The number of nitrogens with one attached hydrogen (secondary N) is 4. The zero-order chi connectivity index (χ0) is 22.9. The molecule has 5 N–H and O–H groups in total. The Bertz CT molecular complexity index is 995. The van der Waals surface area contributed by atoms with Gasteiger partial charge in [0.1, 0.15) is 11.8 Å². The first-order valence-electron chi connectivity index (χ1n) is 9.47. The summed E-state index contributed by atoms with van der Waals surface area (Å²) in [6.45, 7) is 2.06. The third kappa shape index (κ3) is 7.24. The lowest BCUT2D eigenvalue weighted by Gasteiger charge is -2.17. The van der Waals surface area contributed by atoms with Gasteiger partial charge in [-0.2, -0.15) is 4.72 Å². The SMILES string of the molecule is COc1ccc(S(=O)(=O)N[C@H](CCCNC(=O)Nc2ccccc2C)C(=O)NO)cc1. The van der Waals surface area contributed by atoms with Crippen LogP contribution in [-0.4, -0.2) is 45.3 Å². The van der Waals surface area contributed by atoms with Crippen LogP contribution in [0.1, 0.15) is 18.4 Å². The third-order valence-corrected chi connectivity index (χ3v) is 5.93. The first kappa shape index (κ1) is 24.1. The summed E-state index contributed by atoms with van der Waals surface area (Å²) in [6, 6.07) is 11.3. The van der Waals surface area contributed by atoms with E-state index in [0.29, 0.717) is 11.4 Å². The van der Waals surface area contributed by atoms with Crippen LogP contribution in [0.4, 0.5) is 10.5 Å². The van der Waals surface area contributed by atoms with Crippen molar-refractivity contribution in [1.29, 1.82) is 0 Å². The normalized spacial score (nSPS) is 12.0. The summed E-state index contributed by atoms with van der Waals surface area (Å²) < 4.78 is 32.4. The van der Waals surface area contributed by atoms with Gasteiger partial charge in [-0.15, -0.1) is 0 Å². The quantitative estimate of drug-likeness (QED) is 0.212. The van der Waals surface area contributed by atoms with E-state index < -0.39 is 28.0 Å². The highest BCUT2D eigenvalue weighted by atomic mass is 32.2. The minimum atomic E-state index is -4.02. The van der Waals surface area contributed by atoms with Crippen LogP contribution in [0.3, 0.4) is 0 Å². The van der Waals surface area contributed by atoms with Crippen LogP contribution in [0.15, 0.2) is 53.4 Å². The molecule has 0 saturated carbocycles. The van der Waals surface area contributed by atoms with Crippen molar-refractivity contribution in [2.24, 2.45) is 0 Å². The van der Waals surface area contributed by atoms with E-state index in [0.717, 1.165) is 5.56 Å². The lowest BCUT2D eigenvalue weighted by atomic mass is 10.1. The van der Waals surface area contributed by atoms with Gasteiger partial charge >= 0.3 is 6.03 Å². The van der Waals surface area contributed by atoms with Crippen LogP contribution in [0.25, 0.3) is 0 Å². The van der Waals surface area contributed by atoms with Gasteiger partial charge in [0.2, 0.25) is 10.0 Å². The first-order chi connectivity index (χ1) is 14.8. The molecule has 1 atom stereocenters. The molecule has 0 bridgehead atoms. The van der Waals surface area contributed by atoms with Crippen molar-refractivity contribution in [2.45, 2.75) is 30.7 Å². The predicted molar refractivity (Wildman–Crippen MR) is 114 cm³/mol. The second kappa shape index (κ2) is 11.3. The van der Waals surface area contributed by atoms with Crippen molar-refractivity contribution in [3.63, 3.8) is 0 Å². The largest absolute Gasteiger partial charge is 0.497 e. The molecule has 2 aromatic carbocycles. The van der Waals surface area contributed by atoms with Crippen molar-refractivity contribution in [3.8, 4) is 5.75 Å². The van der Waals surface area contributed by atoms with E-state index in [1.165, 1.54) is 36.9 Å². The number of hydroxylamine groups is 1. The zero-order valence-electron chi connectivity index (χ0n) is 17.2. The molecule has 168 valence electrons. The van der Waals surface area contributed by atoms with E-state index in [9.17, 15) is 18.0 Å². The Morgan fingerprint density at radius 1 is 1.10 bits per heavy atom. The number of hydrogen-bond donors (Lipinski definition) is 5. The van der Waals surface area contributed by atoms with Crippen LogP contribution in [-0.2, 0) is 14.8 Å². The minimum Gasteiger partial charge on any atom is -0.497 e. The maximum absolute atomic E-state index is 12.5. The van der Waals surface area contributed by atoms with Crippen molar-refractivity contribution < 1.29 is 28.0 Å². The number of carbonyl (C=O) groups excluding carboxylic acids is 2. The van der Waals surface area contributed by atoms with Crippen LogP contribution in [0, 0.1) is 6.92 Å². The van der Waals surface area contributed by atoms with E-state index in [-0.39, 0.29) is 24.3 Å². The number of sulfonamides is 1. The molecule has 0 aliphatic carbocycles. The van der Waals surface area contributed by atoms with E-state index in [1.54, 1.807) is 12.1 Å². The summed E-state index contributed by atoms with van der Waals surface area (Å²) in [7, 11) is -2.56. The molecule has 0 unspecified atom stereocenters. The van der Waals surface area contributed by atoms with Gasteiger partial charge in [-0.1, -0.05) is 18.2 Å². The van der Waals surface area contributed by atoms with Crippen LogP contribution < -0.4 is 25.6 Å². The highest BCUT2D eigenvalue weighted by Crippen LogP contribution is 2.16. The second-order valence-corrected chi connectivity index (χ2v) is 8.38. The van der Waals surface area contributed by atoms with Gasteiger partial charge in [0.05, 0.1) is 12.0 Å². The Kier molecular flexibility index (Phi) is 8.79. The number of aryl methyl sites for hydroxylation is 1. The van der Waals surface area contributed by atoms with Crippen LogP contribution in [0.2, 0.25) is 0 Å². The smallest absolute Gasteiger partial charge is 0.319 e. The van der Waals surface area contributed by atoms with Gasteiger partial charge in [0.25, 0.3) is 5.91 Å². The molecule has 0 fully saturated rings. The Hall–Kier alpha value is -3.15. The van der Waals surface area contributed by atoms with Gasteiger partial charge < -0.3 is 15.4 Å². The molecular formula is C20H26N4O6S. The molecule has 0 saturated heterocycles. The summed E-state index contributed by atoms with van der Waals surface area (Å²) in [4.78, 5) is 23.9. The fourth-order valence-electron chi connectivity index (χ4n) is 2.72. The lowest BCUT2D eigenvalue weighted by molar-refractivity contribution is -0.131. The second-order valence-electron chi connectivity index (χ2n) is 6.66. The number of ether oxygens (including phenoxy) is 1. The van der Waals surface area contributed by atoms with E-state index in [2.05, 4.69) is 15.4 Å². The Morgan fingerprint density at radius 3 is 2.39 bits per heavy atom. The van der Waals surface area contributed by atoms with Gasteiger partial charge in [0.15, 0.2) is 0 Å². The van der Waals surface area contributed by atoms with Gasteiger partial charge in [0, 0.05) is 12.2 Å². The summed E-state index contributed by atoms with van der Waals surface area (Å²) in [5, 5.41) is 14.3. The molecule has 0 radical (unpaired) electrons. The van der Waals surface area contributed by atoms with Gasteiger partial charge in [-0.05, 0) is 55.7 Å². The van der Waals surface area contributed by atoms with Crippen molar-refractivity contribution in [1.82, 2.24) is 15.5 Å². The molecule has 11 heteroatoms. The van der Waals surface area contributed by atoms with Crippen molar-refractivity contribution in [3.05, 3.63) is 54.1 Å². The number of methoxy groups -OCH3 is 1. The molecular weight excluding hydrogens is 424 g/mol. The molecule has 0 aliphatic heterocycles. The molecule has 0 aromatic heterocycles. The summed E-state index contributed by atoms with van der Waals surface area (Å²) in [5.41, 5.74) is 3.04.